The largest absolute Gasteiger partial charge is 0.459 e. The van der Waals surface area contributed by atoms with Crippen LogP contribution in [-0.2, 0) is 0 Å². The quantitative estimate of drug-likeness (QED) is 0.824. The van der Waals surface area contributed by atoms with E-state index in [0.717, 1.165) is 11.8 Å². The van der Waals surface area contributed by atoms with Gasteiger partial charge in [0.1, 0.15) is 18.5 Å². The van der Waals surface area contributed by atoms with Crippen LogP contribution >= 0.6 is 0 Å². The van der Waals surface area contributed by atoms with Gasteiger partial charge in [-0.05, 0) is 11.6 Å². The van der Waals surface area contributed by atoms with Crippen molar-refractivity contribution >= 4 is 6.08 Å². The maximum atomic E-state index is 13.1. The molecule has 0 N–H and O–H groups in total. The Kier molecular flexibility index (Phi) is 3.82. The van der Waals surface area contributed by atoms with Gasteiger partial charge in [0.05, 0.1) is 6.20 Å². The fourth-order valence-corrected chi connectivity index (χ4v) is 1.47. The predicted molar refractivity (Wildman–Crippen MR) is 64.3 cm³/mol. The molecule has 1 heterocycles. The number of rotatable bonds is 4. The van der Waals surface area contributed by atoms with Crippen molar-refractivity contribution in [3.63, 3.8) is 0 Å². The van der Waals surface area contributed by atoms with Crippen LogP contribution in [0, 0.1) is 5.82 Å². The maximum absolute atomic E-state index is 13.1. The van der Waals surface area contributed by atoms with E-state index in [9.17, 15) is 8.78 Å². The molecule has 0 amide bonds. The second-order valence-corrected chi connectivity index (χ2v) is 3.77. The van der Waals surface area contributed by atoms with Crippen molar-refractivity contribution in [2.45, 2.75) is 12.6 Å². The summed E-state index contributed by atoms with van der Waals surface area (Å²) in [5.74, 6) is -0.547. The number of nitrogens with zero attached hydrogens (tertiary/aromatic N) is 2. The summed E-state index contributed by atoms with van der Waals surface area (Å²) in [5, 5.41) is 0. The molecule has 0 radical (unpaired) electrons. The van der Waals surface area contributed by atoms with Gasteiger partial charge in [-0.2, -0.15) is 4.98 Å². The number of hydrogen-bond donors (Lipinski definition) is 0. The van der Waals surface area contributed by atoms with E-state index >= 15 is 0 Å². The van der Waals surface area contributed by atoms with E-state index in [-0.39, 0.29) is 18.3 Å². The van der Waals surface area contributed by atoms with E-state index in [0.29, 0.717) is 6.42 Å². The van der Waals surface area contributed by atoms with Crippen molar-refractivity contribution in [2.75, 3.05) is 6.61 Å². The lowest BCUT2D eigenvalue weighted by Crippen LogP contribution is -2.07. The highest BCUT2D eigenvalue weighted by Crippen LogP contribution is 2.15. The van der Waals surface area contributed by atoms with Crippen LogP contribution < -0.4 is 4.74 Å². The Morgan fingerprint density at radius 2 is 2.39 bits per heavy atom. The minimum atomic E-state index is -0.928. The summed E-state index contributed by atoms with van der Waals surface area (Å²) >= 11 is 0. The third-order valence-corrected chi connectivity index (χ3v) is 2.43. The topological polar surface area (TPSA) is 35.0 Å². The molecule has 0 aromatic carbocycles. The summed E-state index contributed by atoms with van der Waals surface area (Å²) in [6, 6.07) is 0.0722. The molecule has 94 valence electrons. The van der Waals surface area contributed by atoms with Crippen LogP contribution in [0.25, 0.3) is 6.08 Å². The third-order valence-electron chi connectivity index (χ3n) is 2.43. The number of halogens is 2. The summed E-state index contributed by atoms with van der Waals surface area (Å²) in [4.78, 5) is 7.54. The molecule has 2 rings (SSSR count). The first-order valence-electron chi connectivity index (χ1n) is 5.48. The highest BCUT2D eigenvalue weighted by molar-refractivity contribution is 5.41. The molecule has 1 aliphatic carbocycles. The van der Waals surface area contributed by atoms with E-state index in [4.69, 9.17) is 4.74 Å². The van der Waals surface area contributed by atoms with Crippen molar-refractivity contribution in [2.24, 2.45) is 0 Å². The number of alkyl halides is 1. The molecule has 0 bridgehead atoms. The molecule has 1 aliphatic rings. The first-order chi connectivity index (χ1) is 8.69. The molecule has 1 unspecified atom stereocenters. The van der Waals surface area contributed by atoms with Crippen LogP contribution in [0.15, 0.2) is 36.6 Å². The van der Waals surface area contributed by atoms with Gasteiger partial charge in [-0.15, -0.1) is 0 Å². The fraction of sp³-hybridized carbons (Fsp3) is 0.231. The molecule has 0 aliphatic heterocycles. The van der Waals surface area contributed by atoms with Crippen molar-refractivity contribution in [1.82, 2.24) is 9.97 Å². The number of allylic oxidation sites excluding steroid dienone is 2. The highest BCUT2D eigenvalue weighted by Gasteiger charge is 2.08. The SMILES string of the molecule is C=Cc1nc(OCC2=CCC(F)C=C2)ncc1F. The van der Waals surface area contributed by atoms with E-state index < -0.39 is 12.0 Å². The fourth-order valence-electron chi connectivity index (χ4n) is 1.47. The average molecular weight is 250 g/mol. The van der Waals surface area contributed by atoms with Crippen LogP contribution in [0.2, 0.25) is 0 Å². The van der Waals surface area contributed by atoms with E-state index in [1.807, 2.05) is 0 Å². The van der Waals surface area contributed by atoms with E-state index in [2.05, 4.69) is 16.5 Å². The minimum Gasteiger partial charge on any atom is -0.459 e. The zero-order valence-electron chi connectivity index (χ0n) is 9.64. The molecule has 1 atom stereocenters. The van der Waals surface area contributed by atoms with Crippen LogP contribution in [-0.4, -0.2) is 22.7 Å². The smallest absolute Gasteiger partial charge is 0.317 e. The maximum Gasteiger partial charge on any atom is 0.317 e. The molecule has 5 heteroatoms. The Bertz CT molecular complexity index is 512. The summed E-state index contributed by atoms with van der Waals surface area (Å²) < 4.78 is 31.2. The van der Waals surface area contributed by atoms with Gasteiger partial charge in [-0.1, -0.05) is 24.8 Å². The van der Waals surface area contributed by atoms with Crippen LogP contribution in [0.5, 0.6) is 6.01 Å². The Labute approximate surface area is 104 Å². The Hall–Kier alpha value is -2.04. The normalized spacial score (nSPS) is 18.3. The van der Waals surface area contributed by atoms with Gasteiger partial charge in [0.15, 0.2) is 5.82 Å². The molecule has 1 aromatic rings. The lowest BCUT2D eigenvalue weighted by molar-refractivity contribution is 0.321. The van der Waals surface area contributed by atoms with Crippen molar-refractivity contribution in [3.8, 4) is 6.01 Å². The number of hydrogen-bond acceptors (Lipinski definition) is 3. The lowest BCUT2D eigenvalue weighted by Gasteiger charge is -2.10. The molecule has 18 heavy (non-hydrogen) atoms. The van der Waals surface area contributed by atoms with Gasteiger partial charge in [-0.3, -0.25) is 0 Å². The average Bonchev–Trinajstić information content (AvgIpc) is 2.39. The summed E-state index contributed by atoms with van der Waals surface area (Å²) in [6.45, 7) is 3.67. The second kappa shape index (κ2) is 5.53. The molecule has 1 aromatic heterocycles. The second-order valence-electron chi connectivity index (χ2n) is 3.77. The van der Waals surface area contributed by atoms with Crippen molar-refractivity contribution in [1.29, 1.82) is 0 Å². The monoisotopic (exact) mass is 250 g/mol. The van der Waals surface area contributed by atoms with Gasteiger partial charge >= 0.3 is 6.01 Å². The summed E-state index contributed by atoms with van der Waals surface area (Å²) in [7, 11) is 0. The lowest BCUT2D eigenvalue weighted by atomic mass is 10.1. The van der Waals surface area contributed by atoms with Gasteiger partial charge in [-0.25, -0.2) is 13.8 Å². The zero-order valence-corrected chi connectivity index (χ0v) is 9.64. The van der Waals surface area contributed by atoms with Crippen LogP contribution in [0.1, 0.15) is 12.1 Å². The predicted octanol–water partition coefficient (Wildman–Crippen LogP) is 2.86. The molecule has 3 nitrogen and oxygen atoms in total. The summed E-state index contributed by atoms with van der Waals surface area (Å²) in [5.41, 5.74) is 0.939. The first-order valence-corrected chi connectivity index (χ1v) is 5.48. The first kappa shape index (κ1) is 12.4. The number of ether oxygens (including phenoxy) is 1. The van der Waals surface area contributed by atoms with E-state index in [1.165, 1.54) is 12.2 Å². The standard InChI is InChI=1S/C13H12F2N2O/c1-2-12-11(15)7-16-13(17-12)18-8-9-3-5-10(14)6-4-9/h2-5,7,10H,1,6,8H2. The van der Waals surface area contributed by atoms with Gasteiger partial charge in [0, 0.05) is 6.42 Å². The summed E-state index contributed by atoms with van der Waals surface area (Å²) in [6.07, 6.45) is 6.62. The molecule has 0 saturated heterocycles. The Morgan fingerprint density at radius 1 is 1.56 bits per heavy atom. The van der Waals surface area contributed by atoms with Crippen LogP contribution in [0.3, 0.4) is 0 Å². The van der Waals surface area contributed by atoms with Gasteiger partial charge < -0.3 is 4.74 Å². The van der Waals surface area contributed by atoms with Crippen molar-refractivity contribution in [3.05, 3.63) is 48.1 Å². The molecular formula is C13H12F2N2O. The Morgan fingerprint density at radius 3 is 3.06 bits per heavy atom. The van der Waals surface area contributed by atoms with Crippen molar-refractivity contribution < 1.29 is 13.5 Å². The molecule has 0 fully saturated rings. The molecule has 0 saturated carbocycles. The Balaban J connectivity index is 1.98. The number of aromatic nitrogens is 2. The molecular weight excluding hydrogens is 238 g/mol. The van der Waals surface area contributed by atoms with Gasteiger partial charge in [0.25, 0.3) is 0 Å². The zero-order chi connectivity index (χ0) is 13.0. The third kappa shape index (κ3) is 3.00. The van der Waals surface area contributed by atoms with Crippen LogP contribution in [0.4, 0.5) is 8.78 Å². The van der Waals surface area contributed by atoms with E-state index in [1.54, 1.807) is 12.2 Å². The highest BCUT2D eigenvalue weighted by atomic mass is 19.1. The minimum absolute atomic E-state index is 0.0722. The molecule has 0 spiro atoms. The van der Waals surface area contributed by atoms with Gasteiger partial charge in [0.2, 0.25) is 0 Å².